The SMILES string of the molecule is CC1CCN(c2cc(NCCCC(=O)O)c3c4c(onc24)-c2ccccc2C3=O)CC1. The first-order valence-corrected chi connectivity index (χ1v) is 10.9. The summed E-state index contributed by atoms with van der Waals surface area (Å²) in [5, 5.41) is 17.4. The van der Waals surface area contributed by atoms with E-state index in [4.69, 9.17) is 9.63 Å². The minimum absolute atomic E-state index is 0.0594. The summed E-state index contributed by atoms with van der Waals surface area (Å²) in [7, 11) is 0. The van der Waals surface area contributed by atoms with Gasteiger partial charge in [0, 0.05) is 42.9 Å². The van der Waals surface area contributed by atoms with E-state index in [-0.39, 0.29) is 12.2 Å². The van der Waals surface area contributed by atoms with Crippen molar-refractivity contribution in [2.24, 2.45) is 5.92 Å². The monoisotopic (exact) mass is 419 g/mol. The summed E-state index contributed by atoms with van der Waals surface area (Å²) < 4.78 is 5.80. The summed E-state index contributed by atoms with van der Waals surface area (Å²) in [6.07, 6.45) is 2.77. The minimum Gasteiger partial charge on any atom is -0.481 e. The van der Waals surface area contributed by atoms with Gasteiger partial charge in [-0.15, -0.1) is 0 Å². The molecule has 2 aromatic carbocycles. The second-order valence-corrected chi connectivity index (χ2v) is 8.52. The van der Waals surface area contributed by atoms with Crippen molar-refractivity contribution in [3.63, 3.8) is 0 Å². The van der Waals surface area contributed by atoms with Crippen LogP contribution >= 0.6 is 0 Å². The largest absolute Gasteiger partial charge is 0.481 e. The number of benzene rings is 2. The number of fused-ring (bicyclic) bond motifs is 2. The van der Waals surface area contributed by atoms with Crippen LogP contribution in [0.5, 0.6) is 0 Å². The average Bonchev–Trinajstić information content (AvgIpc) is 3.21. The van der Waals surface area contributed by atoms with Crippen molar-refractivity contribution in [2.45, 2.75) is 32.6 Å². The van der Waals surface area contributed by atoms with Crippen LogP contribution in [0.3, 0.4) is 0 Å². The van der Waals surface area contributed by atoms with E-state index in [1.54, 1.807) is 0 Å². The normalized spacial score (nSPS) is 15.9. The third-order valence-corrected chi connectivity index (χ3v) is 6.39. The summed E-state index contributed by atoms with van der Waals surface area (Å²) in [4.78, 5) is 26.7. The van der Waals surface area contributed by atoms with Gasteiger partial charge in [0.15, 0.2) is 11.5 Å². The van der Waals surface area contributed by atoms with Crippen LogP contribution in [0.25, 0.3) is 22.2 Å². The molecule has 0 saturated carbocycles. The highest BCUT2D eigenvalue weighted by Crippen LogP contribution is 2.46. The van der Waals surface area contributed by atoms with Gasteiger partial charge < -0.3 is 19.8 Å². The van der Waals surface area contributed by atoms with Crippen LogP contribution in [0.2, 0.25) is 0 Å². The highest BCUT2D eigenvalue weighted by molar-refractivity contribution is 6.28. The lowest BCUT2D eigenvalue weighted by Gasteiger charge is -2.33. The van der Waals surface area contributed by atoms with Crippen LogP contribution in [-0.2, 0) is 4.79 Å². The molecule has 0 radical (unpaired) electrons. The van der Waals surface area contributed by atoms with Crippen molar-refractivity contribution < 1.29 is 19.2 Å². The number of anilines is 2. The molecule has 160 valence electrons. The molecule has 2 N–H and O–H groups in total. The average molecular weight is 419 g/mol. The number of nitrogens with one attached hydrogen (secondary N) is 1. The topological polar surface area (TPSA) is 95.7 Å². The van der Waals surface area contributed by atoms with Crippen LogP contribution < -0.4 is 10.2 Å². The number of carbonyl (C=O) groups excluding carboxylic acids is 1. The van der Waals surface area contributed by atoms with Crippen LogP contribution in [0, 0.1) is 5.92 Å². The van der Waals surface area contributed by atoms with Gasteiger partial charge in [0.1, 0.15) is 5.52 Å². The molecule has 7 nitrogen and oxygen atoms in total. The molecule has 1 saturated heterocycles. The third-order valence-electron chi connectivity index (χ3n) is 6.39. The first kappa shape index (κ1) is 19.6. The van der Waals surface area contributed by atoms with E-state index in [0.29, 0.717) is 35.8 Å². The summed E-state index contributed by atoms with van der Waals surface area (Å²) in [6, 6.07) is 9.44. The predicted octanol–water partition coefficient (Wildman–Crippen LogP) is 4.55. The van der Waals surface area contributed by atoms with Crippen molar-refractivity contribution in [1.29, 1.82) is 0 Å². The second-order valence-electron chi connectivity index (χ2n) is 8.52. The predicted molar refractivity (Wildman–Crippen MR) is 119 cm³/mol. The molecular formula is C24H25N3O4. The fourth-order valence-electron chi connectivity index (χ4n) is 4.63. The Morgan fingerprint density at radius 1 is 1.26 bits per heavy atom. The molecule has 1 aromatic heterocycles. The van der Waals surface area contributed by atoms with Crippen LogP contribution in [0.4, 0.5) is 11.4 Å². The van der Waals surface area contributed by atoms with Gasteiger partial charge >= 0.3 is 5.97 Å². The van der Waals surface area contributed by atoms with E-state index in [9.17, 15) is 9.59 Å². The maximum atomic E-state index is 13.5. The number of aliphatic carboxylic acids is 1. The van der Waals surface area contributed by atoms with Gasteiger partial charge in [-0.05, 0) is 31.2 Å². The molecule has 7 heteroatoms. The van der Waals surface area contributed by atoms with Crippen molar-refractivity contribution in [3.8, 4) is 11.3 Å². The lowest BCUT2D eigenvalue weighted by atomic mass is 9.86. The maximum Gasteiger partial charge on any atom is 0.303 e. The standard InChI is InChI=1S/C24H25N3O4/c1-14-8-11-27(12-9-14)18-13-17(25-10-4-7-19(28)29)20-21-22(18)26-31-24(21)16-6-3-2-5-15(16)23(20)30/h2-3,5-6,13-14,25H,4,7-12H2,1H3,(H,28,29). The van der Waals surface area contributed by atoms with E-state index in [2.05, 4.69) is 22.3 Å². The molecule has 0 unspecified atom stereocenters. The van der Waals surface area contributed by atoms with Gasteiger partial charge in [0.05, 0.1) is 16.6 Å². The maximum absolute atomic E-state index is 13.5. The summed E-state index contributed by atoms with van der Waals surface area (Å²) in [5.74, 6) is 0.435. The number of rotatable bonds is 6. The molecule has 3 aromatic rings. The van der Waals surface area contributed by atoms with Crippen molar-refractivity contribution in [2.75, 3.05) is 29.9 Å². The number of carboxylic acids is 1. The van der Waals surface area contributed by atoms with E-state index >= 15 is 0 Å². The van der Waals surface area contributed by atoms with Crippen molar-refractivity contribution >= 4 is 34.0 Å². The number of aromatic nitrogens is 1. The minimum atomic E-state index is -0.826. The molecule has 0 bridgehead atoms. The Hall–Kier alpha value is -3.35. The first-order chi connectivity index (χ1) is 15.0. The zero-order valence-corrected chi connectivity index (χ0v) is 17.5. The number of piperidine rings is 1. The van der Waals surface area contributed by atoms with Gasteiger partial charge in [0.25, 0.3) is 0 Å². The number of ketones is 1. The van der Waals surface area contributed by atoms with E-state index < -0.39 is 5.97 Å². The Morgan fingerprint density at radius 3 is 2.74 bits per heavy atom. The second kappa shape index (κ2) is 7.72. The zero-order chi connectivity index (χ0) is 21.5. The molecule has 0 atom stereocenters. The molecule has 2 heterocycles. The highest BCUT2D eigenvalue weighted by Gasteiger charge is 2.34. The van der Waals surface area contributed by atoms with Crippen molar-refractivity contribution in [1.82, 2.24) is 5.16 Å². The van der Waals surface area contributed by atoms with Gasteiger partial charge in [0.2, 0.25) is 0 Å². The van der Waals surface area contributed by atoms with Crippen LogP contribution in [-0.4, -0.2) is 41.7 Å². The van der Waals surface area contributed by atoms with E-state index in [1.165, 1.54) is 0 Å². The molecule has 0 amide bonds. The van der Waals surface area contributed by atoms with E-state index in [1.807, 2.05) is 30.3 Å². The van der Waals surface area contributed by atoms with Gasteiger partial charge in [-0.2, -0.15) is 0 Å². The lowest BCUT2D eigenvalue weighted by molar-refractivity contribution is -0.137. The van der Waals surface area contributed by atoms with Crippen molar-refractivity contribution in [3.05, 3.63) is 41.5 Å². The Labute approximate surface area is 180 Å². The molecular weight excluding hydrogens is 394 g/mol. The fraction of sp³-hybridized carbons (Fsp3) is 0.375. The van der Waals surface area contributed by atoms with Crippen LogP contribution in [0.1, 0.15) is 48.5 Å². The zero-order valence-electron chi connectivity index (χ0n) is 17.5. The summed E-state index contributed by atoms with van der Waals surface area (Å²) in [6.45, 7) is 4.60. The van der Waals surface area contributed by atoms with Gasteiger partial charge in [-0.3, -0.25) is 9.59 Å². The molecule has 1 aliphatic heterocycles. The molecule has 2 aliphatic rings. The summed E-state index contributed by atoms with van der Waals surface area (Å²) >= 11 is 0. The van der Waals surface area contributed by atoms with Crippen LogP contribution in [0.15, 0.2) is 34.9 Å². The van der Waals surface area contributed by atoms with Gasteiger partial charge in [-0.1, -0.05) is 36.3 Å². The number of hydrogen-bond acceptors (Lipinski definition) is 6. The Bertz CT molecular complexity index is 1180. The lowest BCUT2D eigenvalue weighted by Crippen LogP contribution is -2.33. The van der Waals surface area contributed by atoms with Gasteiger partial charge in [-0.25, -0.2) is 0 Å². The molecule has 1 aliphatic carbocycles. The fourth-order valence-corrected chi connectivity index (χ4v) is 4.63. The summed E-state index contributed by atoms with van der Waals surface area (Å²) in [5.41, 5.74) is 4.34. The molecule has 31 heavy (non-hydrogen) atoms. The number of hydrogen-bond donors (Lipinski definition) is 2. The quantitative estimate of drug-likeness (QED) is 0.443. The number of carbonyl (C=O) groups is 2. The number of nitrogens with zero attached hydrogens (tertiary/aromatic N) is 2. The Kier molecular flexibility index (Phi) is 4.88. The Morgan fingerprint density at radius 2 is 2.00 bits per heavy atom. The molecule has 0 spiro atoms. The Balaban J connectivity index is 1.64. The smallest absolute Gasteiger partial charge is 0.303 e. The molecule has 1 fully saturated rings. The molecule has 5 rings (SSSR count). The van der Waals surface area contributed by atoms with E-state index in [0.717, 1.165) is 53.8 Å². The third kappa shape index (κ3) is 3.34. The number of carboxylic acid groups (broad SMARTS) is 1. The highest BCUT2D eigenvalue weighted by atomic mass is 16.5. The first-order valence-electron chi connectivity index (χ1n) is 10.9.